The van der Waals surface area contributed by atoms with Crippen molar-refractivity contribution in [3.8, 4) is 6.07 Å². The number of aryl methyl sites for hydroxylation is 2. The van der Waals surface area contributed by atoms with Crippen LogP contribution in [-0.2, 0) is 6.42 Å². The first-order valence-electron chi connectivity index (χ1n) is 7.00. The minimum absolute atomic E-state index is 0.0755. The predicted molar refractivity (Wildman–Crippen MR) is 84.0 cm³/mol. The first kappa shape index (κ1) is 14.5. The van der Waals surface area contributed by atoms with Crippen molar-refractivity contribution in [1.82, 2.24) is 4.98 Å². The molecule has 0 saturated heterocycles. The number of nitriles is 1. The summed E-state index contributed by atoms with van der Waals surface area (Å²) >= 11 is 1.69. The molecule has 1 aliphatic rings. The Balaban J connectivity index is 1.88. The van der Waals surface area contributed by atoms with Crippen LogP contribution in [0.5, 0.6) is 0 Å². The van der Waals surface area contributed by atoms with Gasteiger partial charge in [0.15, 0.2) is 0 Å². The van der Waals surface area contributed by atoms with E-state index < -0.39 is 4.92 Å². The van der Waals surface area contributed by atoms with Gasteiger partial charge in [-0.1, -0.05) is 0 Å². The van der Waals surface area contributed by atoms with E-state index >= 15 is 0 Å². The Morgan fingerprint density at radius 3 is 3.09 bits per heavy atom. The number of aromatic nitrogens is 1. The number of nitro benzene ring substituents is 1. The Bertz CT molecular complexity index is 778. The molecule has 1 aromatic carbocycles. The number of thiazole rings is 1. The van der Waals surface area contributed by atoms with E-state index in [0.29, 0.717) is 0 Å². The minimum atomic E-state index is -0.534. The van der Waals surface area contributed by atoms with Gasteiger partial charge in [-0.15, -0.1) is 11.3 Å². The Kier molecular flexibility index (Phi) is 3.77. The normalized spacial score (nSPS) is 16.6. The van der Waals surface area contributed by atoms with E-state index in [1.807, 2.05) is 13.0 Å². The average molecular weight is 314 g/mol. The number of anilines is 1. The van der Waals surface area contributed by atoms with Crippen molar-refractivity contribution >= 4 is 22.7 Å². The van der Waals surface area contributed by atoms with E-state index in [9.17, 15) is 10.1 Å². The van der Waals surface area contributed by atoms with E-state index in [4.69, 9.17) is 5.26 Å². The van der Waals surface area contributed by atoms with Crippen molar-refractivity contribution in [3.63, 3.8) is 0 Å². The van der Waals surface area contributed by atoms with E-state index in [0.717, 1.165) is 35.7 Å². The molecule has 3 rings (SSSR count). The maximum atomic E-state index is 10.9. The monoisotopic (exact) mass is 314 g/mol. The third-order valence-electron chi connectivity index (χ3n) is 3.71. The number of hydrogen-bond donors (Lipinski definition) is 1. The van der Waals surface area contributed by atoms with E-state index in [1.54, 1.807) is 23.5 Å². The Morgan fingerprint density at radius 1 is 1.55 bits per heavy atom. The molecule has 0 fully saturated rings. The highest BCUT2D eigenvalue weighted by molar-refractivity contribution is 7.11. The lowest BCUT2D eigenvalue weighted by Crippen LogP contribution is -2.15. The van der Waals surface area contributed by atoms with Gasteiger partial charge in [-0.25, -0.2) is 4.98 Å². The topological polar surface area (TPSA) is 91.8 Å². The minimum Gasteiger partial charge on any atom is -0.377 e. The lowest BCUT2D eigenvalue weighted by Gasteiger charge is -2.23. The molecule has 1 heterocycles. The summed E-state index contributed by atoms with van der Waals surface area (Å²) in [5.41, 5.74) is 1.79. The van der Waals surface area contributed by atoms with Crippen molar-refractivity contribution in [2.45, 2.75) is 32.2 Å². The molecule has 1 atom stereocenters. The summed E-state index contributed by atoms with van der Waals surface area (Å²) in [7, 11) is 0. The van der Waals surface area contributed by atoms with Gasteiger partial charge < -0.3 is 5.32 Å². The molecule has 1 unspecified atom stereocenters. The molecule has 0 bridgehead atoms. The zero-order valence-corrected chi connectivity index (χ0v) is 12.8. The average Bonchev–Trinajstić information content (AvgIpc) is 2.88. The summed E-state index contributed by atoms with van der Waals surface area (Å²) in [6.07, 6.45) is 3.06. The first-order chi connectivity index (χ1) is 10.6. The summed E-state index contributed by atoms with van der Waals surface area (Å²) in [4.78, 5) is 16.1. The number of hydrogen-bond acceptors (Lipinski definition) is 6. The van der Waals surface area contributed by atoms with Gasteiger partial charge in [-0.3, -0.25) is 10.1 Å². The second-order valence-corrected chi connectivity index (χ2v) is 6.47. The van der Waals surface area contributed by atoms with Crippen LogP contribution in [0.15, 0.2) is 18.2 Å². The van der Waals surface area contributed by atoms with Crippen LogP contribution in [0.3, 0.4) is 0 Å². The summed E-state index contributed by atoms with van der Waals surface area (Å²) in [6.45, 7) is 2.00. The molecular formula is C15H14N4O2S. The second-order valence-electron chi connectivity index (χ2n) is 5.23. The van der Waals surface area contributed by atoms with Crippen LogP contribution in [0.4, 0.5) is 11.4 Å². The van der Waals surface area contributed by atoms with Crippen molar-refractivity contribution in [2.75, 3.05) is 5.32 Å². The van der Waals surface area contributed by atoms with Gasteiger partial charge in [0.25, 0.3) is 5.69 Å². The molecule has 7 heteroatoms. The van der Waals surface area contributed by atoms with Crippen LogP contribution in [0.1, 0.15) is 40.0 Å². The highest BCUT2D eigenvalue weighted by atomic mass is 32.1. The van der Waals surface area contributed by atoms with Gasteiger partial charge in [-0.2, -0.15) is 5.26 Å². The molecular weight excluding hydrogens is 300 g/mol. The zero-order chi connectivity index (χ0) is 15.7. The zero-order valence-electron chi connectivity index (χ0n) is 12.0. The van der Waals surface area contributed by atoms with Gasteiger partial charge in [0.05, 0.1) is 26.5 Å². The second kappa shape index (κ2) is 5.73. The quantitative estimate of drug-likeness (QED) is 0.688. The fourth-order valence-electron chi connectivity index (χ4n) is 2.76. The number of benzene rings is 1. The molecule has 1 aromatic heterocycles. The number of nitrogens with zero attached hydrogens (tertiary/aromatic N) is 3. The molecule has 2 aromatic rings. The molecule has 22 heavy (non-hydrogen) atoms. The van der Waals surface area contributed by atoms with Crippen molar-refractivity contribution in [3.05, 3.63) is 49.5 Å². The highest BCUT2D eigenvalue weighted by Crippen LogP contribution is 2.36. The third kappa shape index (κ3) is 2.65. The van der Waals surface area contributed by atoms with Crippen molar-refractivity contribution < 1.29 is 4.92 Å². The van der Waals surface area contributed by atoms with Gasteiger partial charge in [0.1, 0.15) is 11.6 Å². The van der Waals surface area contributed by atoms with Crippen LogP contribution in [0, 0.1) is 28.4 Å². The summed E-state index contributed by atoms with van der Waals surface area (Å²) in [5.74, 6) is 0. The number of fused-ring (bicyclic) bond motifs is 1. The summed E-state index contributed by atoms with van der Waals surface area (Å²) in [6, 6.07) is 6.62. The van der Waals surface area contributed by atoms with E-state index in [-0.39, 0.29) is 17.3 Å². The summed E-state index contributed by atoms with van der Waals surface area (Å²) < 4.78 is 0. The third-order valence-corrected chi connectivity index (χ3v) is 4.84. The van der Waals surface area contributed by atoms with Crippen molar-refractivity contribution in [2.24, 2.45) is 0 Å². The largest absolute Gasteiger partial charge is 0.377 e. The maximum Gasteiger partial charge on any atom is 0.287 e. The highest BCUT2D eigenvalue weighted by Gasteiger charge is 2.24. The fraction of sp³-hybridized carbons (Fsp3) is 0.333. The van der Waals surface area contributed by atoms with Gasteiger partial charge in [0.2, 0.25) is 0 Å². The lowest BCUT2D eigenvalue weighted by molar-refractivity contribution is -0.385. The Labute approximate surface area is 131 Å². The van der Waals surface area contributed by atoms with E-state index in [2.05, 4.69) is 10.3 Å². The standard InChI is InChI=1S/C15H14N4O2S/c1-9-17-12-3-2-4-13(15(12)22-9)18-11-5-6-14(19(20)21)10(7-11)8-16/h5-7,13,18H,2-4H2,1H3. The molecule has 0 radical (unpaired) electrons. The Morgan fingerprint density at radius 2 is 2.36 bits per heavy atom. The number of nitro groups is 1. The molecule has 0 saturated carbocycles. The molecule has 0 spiro atoms. The van der Waals surface area contributed by atoms with Gasteiger partial charge in [0, 0.05) is 11.8 Å². The number of rotatable bonds is 3. The molecule has 1 N–H and O–H groups in total. The smallest absolute Gasteiger partial charge is 0.287 e. The van der Waals surface area contributed by atoms with Crippen LogP contribution in [-0.4, -0.2) is 9.91 Å². The van der Waals surface area contributed by atoms with Crippen molar-refractivity contribution in [1.29, 1.82) is 5.26 Å². The van der Waals surface area contributed by atoms with Crippen LogP contribution < -0.4 is 5.32 Å². The molecule has 0 amide bonds. The Hall–Kier alpha value is -2.46. The van der Waals surface area contributed by atoms with Crippen LogP contribution in [0.25, 0.3) is 0 Å². The molecule has 112 valence electrons. The maximum absolute atomic E-state index is 10.9. The first-order valence-corrected chi connectivity index (χ1v) is 7.81. The van der Waals surface area contributed by atoms with Crippen LogP contribution >= 0.6 is 11.3 Å². The lowest BCUT2D eigenvalue weighted by atomic mass is 9.97. The molecule has 0 aliphatic heterocycles. The predicted octanol–water partition coefficient (Wildman–Crippen LogP) is 3.72. The number of nitrogens with one attached hydrogen (secondary N) is 1. The van der Waals surface area contributed by atoms with Crippen LogP contribution in [0.2, 0.25) is 0 Å². The SMILES string of the molecule is Cc1nc2c(s1)C(Nc1ccc([N+](=O)[O-])c(C#N)c1)CCC2. The van der Waals surface area contributed by atoms with Gasteiger partial charge >= 0.3 is 0 Å². The van der Waals surface area contributed by atoms with Gasteiger partial charge in [-0.05, 0) is 38.3 Å². The fourth-order valence-corrected chi connectivity index (χ4v) is 3.81. The molecule has 6 nitrogen and oxygen atoms in total. The summed E-state index contributed by atoms with van der Waals surface area (Å²) in [5, 5.41) is 24.4. The molecule has 1 aliphatic carbocycles. The van der Waals surface area contributed by atoms with E-state index in [1.165, 1.54) is 10.9 Å².